The summed E-state index contributed by atoms with van der Waals surface area (Å²) in [6.07, 6.45) is 4.97. The minimum Gasteiger partial charge on any atom is -0.373 e. The lowest BCUT2D eigenvalue weighted by Crippen LogP contribution is -2.50. The van der Waals surface area contributed by atoms with Crippen LogP contribution >= 0.6 is 0 Å². The van der Waals surface area contributed by atoms with Gasteiger partial charge in [-0.05, 0) is 69.4 Å². The number of hydrogen-bond donors (Lipinski definition) is 1. The minimum absolute atomic E-state index is 0.0117. The number of anilines is 1. The van der Waals surface area contributed by atoms with Crippen molar-refractivity contribution in [1.29, 1.82) is 0 Å². The number of carbonyl (C=O) groups excluding carboxylic acids is 1. The fraction of sp³-hybridized carbons (Fsp3) is 0.885. The largest absolute Gasteiger partial charge is 0.373 e. The Kier molecular flexibility index (Phi) is 6.81. The Morgan fingerprint density at radius 1 is 1.14 bits per heavy atom. The van der Waals surface area contributed by atoms with E-state index in [0.29, 0.717) is 44.3 Å². The molecule has 0 bridgehead atoms. The van der Waals surface area contributed by atoms with Gasteiger partial charge in [0.2, 0.25) is 5.89 Å². The third-order valence-corrected chi connectivity index (χ3v) is 9.40. The van der Waals surface area contributed by atoms with Crippen LogP contribution in [0.1, 0.15) is 85.0 Å². The van der Waals surface area contributed by atoms with Gasteiger partial charge in [-0.3, -0.25) is 10.2 Å². The molecule has 2 aliphatic heterocycles. The highest BCUT2D eigenvalue weighted by Crippen LogP contribution is 2.72. The number of hydrogen-bond acceptors (Lipinski definition) is 6. The molecule has 10 heteroatoms. The molecule has 4 aliphatic rings. The average Bonchev–Trinajstić information content (AvgIpc) is 3.23. The number of halogens is 2. The molecule has 2 saturated heterocycles. The fourth-order valence-corrected chi connectivity index (χ4v) is 6.97. The molecule has 3 heterocycles. The number of carbonyl (C=O) groups is 1. The molecule has 0 aromatic carbocycles. The van der Waals surface area contributed by atoms with Crippen molar-refractivity contribution in [3.63, 3.8) is 0 Å². The average molecular weight is 510 g/mol. The maximum atomic E-state index is 15.6. The summed E-state index contributed by atoms with van der Waals surface area (Å²) >= 11 is 0. The Bertz CT molecular complexity index is 952. The molecule has 2 aliphatic carbocycles. The molecule has 4 fully saturated rings. The Morgan fingerprint density at radius 2 is 1.89 bits per heavy atom. The van der Waals surface area contributed by atoms with Crippen molar-refractivity contribution in [1.82, 2.24) is 19.9 Å². The number of likely N-dealkylation sites (tertiary alicyclic amines) is 2. The van der Waals surface area contributed by atoms with Gasteiger partial charge in [-0.2, -0.15) is 4.98 Å². The molecule has 1 aromatic heterocycles. The van der Waals surface area contributed by atoms with Crippen molar-refractivity contribution < 1.29 is 22.8 Å². The zero-order valence-corrected chi connectivity index (χ0v) is 22.1. The van der Waals surface area contributed by atoms with Gasteiger partial charge in [0, 0.05) is 38.6 Å². The molecule has 2 amide bonds. The summed E-state index contributed by atoms with van der Waals surface area (Å²) in [5.74, 6) is -3.34. The second-order valence-electron chi connectivity index (χ2n) is 12.1. The van der Waals surface area contributed by atoms with Gasteiger partial charge in [0.1, 0.15) is 0 Å². The van der Waals surface area contributed by atoms with E-state index in [1.165, 1.54) is 0 Å². The van der Waals surface area contributed by atoms with E-state index in [-0.39, 0.29) is 24.5 Å². The van der Waals surface area contributed by atoms with E-state index in [0.717, 1.165) is 38.8 Å². The standard InChI is InChI=1S/C26H41F2N5O3/c1-17(2)33-14-10-18(15-33)35-19-9-8-11-26(27,28)20(19)24(3)16-25(24,4)21-29-22(31-36-21)30-23(34)32-12-6-5-7-13-32/h17-20H,5-16H2,1-4H3,(H,30,31,34)/t18-,19-,20-,24-,25-/m0/s1. The van der Waals surface area contributed by atoms with Gasteiger partial charge in [0.25, 0.3) is 11.9 Å². The number of rotatable bonds is 6. The van der Waals surface area contributed by atoms with Gasteiger partial charge >= 0.3 is 6.03 Å². The summed E-state index contributed by atoms with van der Waals surface area (Å²) in [5.41, 5.74) is -1.43. The number of ether oxygens (including phenoxy) is 1. The lowest BCUT2D eigenvalue weighted by Gasteiger charge is -2.43. The van der Waals surface area contributed by atoms with Crippen molar-refractivity contribution in [2.75, 3.05) is 31.5 Å². The molecule has 202 valence electrons. The monoisotopic (exact) mass is 509 g/mol. The molecule has 0 spiro atoms. The Hall–Kier alpha value is -1.81. The molecule has 0 radical (unpaired) electrons. The smallest absolute Gasteiger partial charge is 0.324 e. The maximum Gasteiger partial charge on any atom is 0.324 e. The van der Waals surface area contributed by atoms with E-state index in [1.54, 1.807) is 4.90 Å². The SMILES string of the molecule is CC(C)N1CC[C@H](O[C@H]2CCCC(F)(F)[C@@H]2[C@]2(C)C[C@@]2(C)c2nc(NC(=O)N3CCCCC3)no2)C1. The van der Waals surface area contributed by atoms with Gasteiger partial charge in [-0.15, -0.1) is 0 Å². The summed E-state index contributed by atoms with van der Waals surface area (Å²) in [7, 11) is 0. The predicted octanol–water partition coefficient (Wildman–Crippen LogP) is 5.06. The number of amides is 2. The zero-order chi connectivity index (χ0) is 25.7. The normalized spacial score (nSPS) is 36.9. The Balaban J connectivity index is 1.30. The summed E-state index contributed by atoms with van der Waals surface area (Å²) in [5, 5.41) is 6.68. The highest BCUT2D eigenvalue weighted by Gasteiger charge is 2.74. The number of urea groups is 1. The molecular formula is C26H41F2N5O3. The highest BCUT2D eigenvalue weighted by atomic mass is 19.3. The number of piperidine rings is 1. The molecular weight excluding hydrogens is 468 g/mol. The van der Waals surface area contributed by atoms with Crippen LogP contribution in [0.5, 0.6) is 0 Å². The first kappa shape index (κ1) is 25.8. The topological polar surface area (TPSA) is 83.7 Å². The highest BCUT2D eigenvalue weighted by molar-refractivity contribution is 5.87. The van der Waals surface area contributed by atoms with E-state index >= 15 is 8.78 Å². The first-order valence-electron chi connectivity index (χ1n) is 13.7. The van der Waals surface area contributed by atoms with E-state index in [2.05, 4.69) is 34.2 Å². The van der Waals surface area contributed by atoms with Crippen LogP contribution in [0.25, 0.3) is 0 Å². The second kappa shape index (κ2) is 9.49. The van der Waals surface area contributed by atoms with Gasteiger partial charge in [-0.1, -0.05) is 13.8 Å². The van der Waals surface area contributed by atoms with Crippen molar-refractivity contribution >= 4 is 12.0 Å². The van der Waals surface area contributed by atoms with Gasteiger partial charge in [0.05, 0.1) is 23.5 Å². The minimum atomic E-state index is -2.82. The lowest BCUT2D eigenvalue weighted by atomic mass is 9.70. The molecule has 5 atom stereocenters. The summed E-state index contributed by atoms with van der Waals surface area (Å²) in [6, 6.07) is 0.179. The molecule has 1 aromatic rings. The van der Waals surface area contributed by atoms with Crippen LogP contribution in [0, 0.1) is 11.3 Å². The van der Waals surface area contributed by atoms with Crippen LogP contribution in [0.2, 0.25) is 0 Å². The van der Waals surface area contributed by atoms with Crippen molar-refractivity contribution in [2.45, 2.75) is 109 Å². The van der Waals surface area contributed by atoms with Crippen molar-refractivity contribution in [2.24, 2.45) is 11.3 Å². The van der Waals surface area contributed by atoms with E-state index in [4.69, 9.17) is 9.26 Å². The summed E-state index contributed by atoms with van der Waals surface area (Å²) in [4.78, 5) is 21.1. The van der Waals surface area contributed by atoms with E-state index in [9.17, 15) is 4.79 Å². The van der Waals surface area contributed by atoms with Crippen molar-refractivity contribution in [3.05, 3.63) is 5.89 Å². The quantitative estimate of drug-likeness (QED) is 0.577. The second-order valence-corrected chi connectivity index (χ2v) is 12.1. The van der Waals surface area contributed by atoms with Crippen LogP contribution in [-0.2, 0) is 10.2 Å². The lowest BCUT2D eigenvalue weighted by molar-refractivity contribution is -0.188. The van der Waals surface area contributed by atoms with E-state index in [1.807, 2.05) is 13.8 Å². The van der Waals surface area contributed by atoms with Crippen LogP contribution in [0.15, 0.2) is 4.52 Å². The summed E-state index contributed by atoms with van der Waals surface area (Å²) < 4.78 is 43.1. The molecule has 2 saturated carbocycles. The number of aromatic nitrogens is 2. The maximum absolute atomic E-state index is 15.6. The third-order valence-electron chi connectivity index (χ3n) is 9.40. The number of alkyl halides is 2. The molecule has 1 N–H and O–H groups in total. The Labute approximate surface area is 212 Å². The van der Waals surface area contributed by atoms with Crippen LogP contribution < -0.4 is 5.32 Å². The molecule has 8 nitrogen and oxygen atoms in total. The van der Waals surface area contributed by atoms with Crippen LogP contribution in [-0.4, -0.2) is 76.3 Å². The van der Waals surface area contributed by atoms with Crippen molar-refractivity contribution in [3.8, 4) is 0 Å². The fourth-order valence-electron chi connectivity index (χ4n) is 6.97. The van der Waals surface area contributed by atoms with Crippen LogP contribution in [0.3, 0.4) is 0 Å². The zero-order valence-electron chi connectivity index (χ0n) is 22.1. The predicted molar refractivity (Wildman–Crippen MR) is 131 cm³/mol. The summed E-state index contributed by atoms with van der Waals surface area (Å²) in [6.45, 7) is 11.3. The van der Waals surface area contributed by atoms with E-state index < -0.39 is 28.8 Å². The number of nitrogens with one attached hydrogen (secondary N) is 1. The Morgan fingerprint density at radius 3 is 2.58 bits per heavy atom. The molecule has 5 rings (SSSR count). The van der Waals surface area contributed by atoms with Gasteiger partial charge in [0.15, 0.2) is 0 Å². The molecule has 36 heavy (non-hydrogen) atoms. The van der Waals surface area contributed by atoms with Crippen LogP contribution in [0.4, 0.5) is 19.5 Å². The van der Waals surface area contributed by atoms with Gasteiger partial charge < -0.3 is 14.2 Å². The first-order valence-corrected chi connectivity index (χ1v) is 13.7. The first-order chi connectivity index (χ1) is 17.0. The third kappa shape index (κ3) is 4.64. The number of nitrogens with zero attached hydrogens (tertiary/aromatic N) is 4. The van der Waals surface area contributed by atoms with Gasteiger partial charge in [-0.25, -0.2) is 13.6 Å². The molecule has 0 unspecified atom stereocenters.